The quantitative estimate of drug-likeness (QED) is 0.0264. The van der Waals surface area contributed by atoms with Crippen molar-refractivity contribution in [2.45, 2.75) is 264 Å². The Hall–Kier alpha value is -6.45. The summed E-state index contributed by atoms with van der Waals surface area (Å²) in [7, 11) is -4.42. The van der Waals surface area contributed by atoms with Crippen molar-refractivity contribution >= 4 is 19.8 Å². The van der Waals surface area contributed by atoms with Crippen LogP contribution in [0.1, 0.15) is 258 Å². The monoisotopic (exact) mass is 1380 g/mol. The lowest BCUT2D eigenvalue weighted by Gasteiger charge is -2.19. The molecule has 0 fully saturated rings. The highest BCUT2D eigenvalue weighted by atomic mass is 31.2. The van der Waals surface area contributed by atoms with Crippen molar-refractivity contribution in [1.82, 2.24) is 0 Å². The van der Waals surface area contributed by atoms with Crippen molar-refractivity contribution in [3.8, 4) is 0 Å². The van der Waals surface area contributed by atoms with E-state index in [1.54, 1.807) is 0 Å². The van der Waals surface area contributed by atoms with E-state index in [1.807, 2.05) is 0 Å². The Bertz CT molecular complexity index is 2580. The molecular formula is C89H136NO8P. The van der Waals surface area contributed by atoms with Crippen LogP contribution in [0.5, 0.6) is 0 Å². The predicted octanol–water partition coefficient (Wildman–Crippen LogP) is 26.1. The molecule has 0 spiro atoms. The molecule has 0 amide bonds. The van der Waals surface area contributed by atoms with Gasteiger partial charge >= 0.3 is 19.8 Å². The van der Waals surface area contributed by atoms with Gasteiger partial charge in [0.1, 0.15) is 6.61 Å². The van der Waals surface area contributed by atoms with Crippen molar-refractivity contribution in [3.63, 3.8) is 0 Å². The molecule has 3 N–H and O–H groups in total. The second-order valence-electron chi connectivity index (χ2n) is 24.0. The molecule has 2 unspecified atom stereocenters. The molecule has 0 saturated heterocycles. The molecule has 2 atom stereocenters. The Labute approximate surface area is 605 Å². The van der Waals surface area contributed by atoms with Crippen molar-refractivity contribution in [2.24, 2.45) is 5.73 Å². The zero-order valence-corrected chi connectivity index (χ0v) is 62.7. The van der Waals surface area contributed by atoms with E-state index in [0.717, 1.165) is 186 Å². The molecule has 0 aromatic heterocycles. The van der Waals surface area contributed by atoms with Crippen LogP contribution in [-0.2, 0) is 32.7 Å². The number of allylic oxidation sites excluding steroid dienone is 42. The van der Waals surface area contributed by atoms with E-state index in [9.17, 15) is 19.0 Å². The highest BCUT2D eigenvalue weighted by molar-refractivity contribution is 7.47. The maximum absolute atomic E-state index is 12.8. The minimum Gasteiger partial charge on any atom is -0.462 e. The van der Waals surface area contributed by atoms with Gasteiger partial charge in [-0.15, -0.1) is 0 Å². The summed E-state index contributed by atoms with van der Waals surface area (Å²) < 4.78 is 33.2. The Morgan fingerprint density at radius 2 is 0.525 bits per heavy atom. The summed E-state index contributed by atoms with van der Waals surface area (Å²) in [4.78, 5) is 35.4. The molecule has 0 aliphatic rings. The molecule has 99 heavy (non-hydrogen) atoms. The van der Waals surface area contributed by atoms with Crippen LogP contribution in [-0.4, -0.2) is 49.3 Å². The maximum atomic E-state index is 12.8. The fourth-order valence-corrected chi connectivity index (χ4v) is 10.1. The zero-order chi connectivity index (χ0) is 71.5. The Balaban J connectivity index is 4.05. The van der Waals surface area contributed by atoms with Gasteiger partial charge in [-0.1, -0.05) is 327 Å². The van der Waals surface area contributed by atoms with Crippen molar-refractivity contribution in [2.75, 3.05) is 26.4 Å². The second kappa shape index (κ2) is 80.5. The third-order valence-corrected chi connectivity index (χ3v) is 15.9. The Kier molecular flexibility index (Phi) is 75.3. The van der Waals surface area contributed by atoms with E-state index in [-0.39, 0.29) is 32.6 Å². The van der Waals surface area contributed by atoms with Gasteiger partial charge in [0.25, 0.3) is 0 Å². The topological polar surface area (TPSA) is 134 Å². The summed E-state index contributed by atoms with van der Waals surface area (Å²) in [6, 6.07) is 0. The minimum absolute atomic E-state index is 0.0345. The smallest absolute Gasteiger partial charge is 0.462 e. The van der Waals surface area contributed by atoms with Crippen LogP contribution in [0.15, 0.2) is 255 Å². The summed E-state index contributed by atoms with van der Waals surface area (Å²) in [6.07, 6.45) is 129. The summed E-state index contributed by atoms with van der Waals surface area (Å²) in [5.41, 5.74) is 5.40. The normalized spacial score (nSPS) is 14.3. The molecule has 0 rings (SSSR count). The standard InChI is InChI=1S/C89H136NO8P/c1-3-5-7-9-11-13-15-17-19-21-23-25-27-29-31-33-35-37-39-41-42-43-44-46-48-50-52-54-56-58-60-62-64-66-68-70-72-74-76-78-80-82-89(92)98-87(86-97-99(93,94)96-84-83-90)85-95-88(91)81-79-77-75-73-71-69-67-65-63-61-59-57-55-53-51-49-47-45-40-38-36-34-32-30-28-26-24-22-20-18-16-14-12-10-8-6-4-2/h5-8,11-14,17-20,23-26,29-32,35-38,41-42,44-47,50-53,56-59,62,64,68,70,87H,3-4,9-10,15-16,21-22,27-28,33-34,39-40,43,48-49,54-55,60-61,63,65-67,69,71-86,90H2,1-2H3,(H,93,94)/b7-5-,8-6-,13-11-,14-12-,19-17-,20-18-,25-23-,26-24-,31-29-,32-30-,37-35-,38-36-,42-41-,46-44-,47-45-,52-50-,53-51-,58-56-,59-57-,64-62-,70-68-. The molecular weight excluding hydrogens is 1240 g/mol. The SMILES string of the molecule is CC/C=C\C/C=C\C/C=C\C/C=C\C/C=C\C/C=C\C/C=C\C/C=C\C/C=C\C/C=C\C/C=C\C/C=C\CCCCCCC(=O)OC(COC(=O)CCCCCCCCCCC/C=C\C/C=C\C/C=C\C/C=C\C/C=C\C/C=C\C/C=C\C/C=C\C/C=C\CC)COP(=O)(O)OCCN. The third kappa shape index (κ3) is 80.4. The fraction of sp³-hybridized carbons (Fsp3) is 0.506. The average molecular weight is 1380 g/mol. The number of carbonyl (C=O) groups is 2. The lowest BCUT2D eigenvalue weighted by molar-refractivity contribution is -0.161. The number of hydrogen-bond acceptors (Lipinski definition) is 8. The first-order valence-electron chi connectivity index (χ1n) is 38.2. The fourth-order valence-electron chi connectivity index (χ4n) is 9.37. The summed E-state index contributed by atoms with van der Waals surface area (Å²) in [6.45, 7) is 3.45. The molecule has 0 aromatic rings. The molecule has 0 bridgehead atoms. The molecule has 0 radical (unpaired) electrons. The number of rotatable bonds is 68. The lowest BCUT2D eigenvalue weighted by atomic mass is 10.1. The second-order valence-corrected chi connectivity index (χ2v) is 25.5. The van der Waals surface area contributed by atoms with Gasteiger partial charge in [-0.05, 0) is 173 Å². The first-order chi connectivity index (χ1) is 48.8. The van der Waals surface area contributed by atoms with Gasteiger partial charge in [0.05, 0.1) is 13.2 Å². The minimum atomic E-state index is -4.42. The van der Waals surface area contributed by atoms with Crippen LogP contribution in [0.3, 0.4) is 0 Å². The number of nitrogens with two attached hydrogens (primary N) is 1. The van der Waals surface area contributed by atoms with Crippen LogP contribution in [0.25, 0.3) is 0 Å². The number of unbranched alkanes of at least 4 members (excludes halogenated alkanes) is 13. The number of phosphoric acid groups is 1. The maximum Gasteiger partial charge on any atom is 0.472 e. The number of esters is 2. The first kappa shape index (κ1) is 92.5. The summed E-state index contributed by atoms with van der Waals surface area (Å²) in [5.74, 6) is -0.883. The highest BCUT2D eigenvalue weighted by Crippen LogP contribution is 2.43. The number of carbonyl (C=O) groups excluding carboxylic acids is 2. The van der Waals surface area contributed by atoms with Crippen LogP contribution in [0.2, 0.25) is 0 Å². The van der Waals surface area contributed by atoms with E-state index in [2.05, 4.69) is 269 Å². The number of phosphoric ester groups is 1. The van der Waals surface area contributed by atoms with E-state index in [1.165, 1.54) is 32.1 Å². The molecule has 9 nitrogen and oxygen atoms in total. The average Bonchev–Trinajstić information content (AvgIpc) is 1.19. The van der Waals surface area contributed by atoms with Crippen LogP contribution in [0.4, 0.5) is 0 Å². The van der Waals surface area contributed by atoms with Gasteiger partial charge in [-0.25, -0.2) is 4.57 Å². The van der Waals surface area contributed by atoms with Crippen LogP contribution >= 0.6 is 7.82 Å². The Morgan fingerprint density at radius 1 is 0.303 bits per heavy atom. The third-order valence-electron chi connectivity index (χ3n) is 14.9. The van der Waals surface area contributed by atoms with Gasteiger partial charge in [-0.3, -0.25) is 18.6 Å². The summed E-state index contributed by atoms with van der Waals surface area (Å²) in [5, 5.41) is 0. The van der Waals surface area contributed by atoms with Crippen LogP contribution < -0.4 is 5.73 Å². The molecule has 0 aromatic carbocycles. The van der Waals surface area contributed by atoms with Crippen LogP contribution in [0, 0.1) is 0 Å². The Morgan fingerprint density at radius 3 is 0.778 bits per heavy atom. The van der Waals surface area contributed by atoms with E-state index in [4.69, 9.17) is 24.3 Å². The van der Waals surface area contributed by atoms with Gasteiger partial charge in [-0.2, -0.15) is 0 Å². The molecule has 10 heteroatoms. The van der Waals surface area contributed by atoms with Gasteiger partial charge in [0.2, 0.25) is 0 Å². The molecule has 550 valence electrons. The molecule has 0 aliphatic carbocycles. The summed E-state index contributed by atoms with van der Waals surface area (Å²) >= 11 is 0. The zero-order valence-electron chi connectivity index (χ0n) is 61.9. The largest absolute Gasteiger partial charge is 0.472 e. The molecule has 0 aliphatic heterocycles. The van der Waals surface area contributed by atoms with Crippen molar-refractivity contribution in [1.29, 1.82) is 0 Å². The number of hydrogen-bond donors (Lipinski definition) is 2. The predicted molar refractivity (Wildman–Crippen MR) is 430 cm³/mol. The molecule has 0 saturated carbocycles. The van der Waals surface area contributed by atoms with E-state index >= 15 is 0 Å². The van der Waals surface area contributed by atoms with Gasteiger partial charge in [0.15, 0.2) is 6.10 Å². The van der Waals surface area contributed by atoms with Crippen molar-refractivity contribution < 1.29 is 37.6 Å². The van der Waals surface area contributed by atoms with Gasteiger partial charge in [0, 0.05) is 19.4 Å². The van der Waals surface area contributed by atoms with E-state index < -0.39 is 32.5 Å². The first-order valence-corrected chi connectivity index (χ1v) is 39.7. The lowest BCUT2D eigenvalue weighted by Crippen LogP contribution is -2.29. The van der Waals surface area contributed by atoms with E-state index in [0.29, 0.717) is 12.8 Å². The van der Waals surface area contributed by atoms with Crippen molar-refractivity contribution in [3.05, 3.63) is 255 Å². The van der Waals surface area contributed by atoms with Gasteiger partial charge < -0.3 is 20.1 Å². The highest BCUT2D eigenvalue weighted by Gasteiger charge is 2.26. The number of ether oxygens (including phenoxy) is 2. The molecule has 0 heterocycles.